The molecular weight excluding hydrogens is 394 g/mol. The van der Waals surface area contributed by atoms with Gasteiger partial charge in [0.2, 0.25) is 5.91 Å². The summed E-state index contributed by atoms with van der Waals surface area (Å²) < 4.78 is 12.0. The van der Waals surface area contributed by atoms with Gasteiger partial charge in [0.1, 0.15) is 5.75 Å². The van der Waals surface area contributed by atoms with Crippen molar-refractivity contribution < 1.29 is 13.7 Å². The standard InChI is InChI=1S/C25H37NO3S/c1-17(2)30(18(3)4,19(5)6)29-16-21-9-14-25(26-20(7)27)24(15-21)22-10-12-23(28-8)13-11-22/h9-15,17-19H,16H2,1-8H3,(H,26,27). The van der Waals surface area contributed by atoms with Gasteiger partial charge in [-0.25, -0.2) is 0 Å². The summed E-state index contributed by atoms with van der Waals surface area (Å²) in [6.07, 6.45) is 0. The number of amides is 1. The molecule has 0 aliphatic rings. The van der Waals surface area contributed by atoms with E-state index in [-0.39, 0.29) is 5.91 Å². The zero-order valence-electron chi connectivity index (χ0n) is 19.6. The molecule has 0 spiro atoms. The first kappa shape index (κ1) is 24.3. The van der Waals surface area contributed by atoms with E-state index in [0.717, 1.165) is 28.1 Å². The van der Waals surface area contributed by atoms with Gasteiger partial charge in [-0.1, -0.05) is 59.7 Å². The molecule has 0 radical (unpaired) electrons. The molecule has 0 fully saturated rings. The fourth-order valence-corrected chi connectivity index (χ4v) is 8.62. The average Bonchev–Trinajstić information content (AvgIpc) is 2.68. The highest BCUT2D eigenvalue weighted by Crippen LogP contribution is 2.61. The molecule has 0 heterocycles. The molecule has 0 unspecified atom stereocenters. The van der Waals surface area contributed by atoms with E-state index in [0.29, 0.717) is 22.4 Å². The summed E-state index contributed by atoms with van der Waals surface area (Å²) in [5, 5.41) is 4.40. The Bertz CT molecular complexity index is 822. The van der Waals surface area contributed by atoms with Gasteiger partial charge in [-0.3, -0.25) is 4.79 Å². The number of anilines is 1. The quantitative estimate of drug-likeness (QED) is 0.476. The molecular formula is C25H37NO3S. The largest absolute Gasteiger partial charge is 0.497 e. The number of methoxy groups -OCH3 is 1. The number of rotatable bonds is 9. The highest BCUT2D eigenvalue weighted by atomic mass is 32.3. The smallest absolute Gasteiger partial charge is 0.221 e. The van der Waals surface area contributed by atoms with E-state index >= 15 is 0 Å². The lowest BCUT2D eigenvalue weighted by Gasteiger charge is -2.50. The minimum Gasteiger partial charge on any atom is -0.497 e. The van der Waals surface area contributed by atoms with Crippen LogP contribution in [0.5, 0.6) is 5.75 Å². The average molecular weight is 432 g/mol. The molecule has 2 rings (SSSR count). The number of hydrogen-bond acceptors (Lipinski definition) is 3. The van der Waals surface area contributed by atoms with Gasteiger partial charge in [0, 0.05) is 33.9 Å². The van der Waals surface area contributed by atoms with Crippen LogP contribution in [0.3, 0.4) is 0 Å². The molecule has 0 aliphatic carbocycles. The molecule has 0 aromatic heterocycles. The van der Waals surface area contributed by atoms with Gasteiger partial charge in [-0.2, -0.15) is 0 Å². The molecule has 0 saturated heterocycles. The molecule has 0 aliphatic heterocycles. The second-order valence-corrected chi connectivity index (χ2v) is 12.9. The first-order chi connectivity index (χ1) is 14.1. The molecule has 5 heteroatoms. The van der Waals surface area contributed by atoms with Crippen LogP contribution >= 0.6 is 10.3 Å². The van der Waals surface area contributed by atoms with Crippen LogP contribution in [0.2, 0.25) is 0 Å². The molecule has 0 bridgehead atoms. The summed E-state index contributed by atoms with van der Waals surface area (Å²) >= 11 is 0. The summed E-state index contributed by atoms with van der Waals surface area (Å²) in [5.74, 6) is 0.718. The highest BCUT2D eigenvalue weighted by Gasteiger charge is 2.35. The summed E-state index contributed by atoms with van der Waals surface area (Å²) in [4.78, 5) is 11.7. The van der Waals surface area contributed by atoms with Crippen molar-refractivity contribution in [3.8, 4) is 16.9 Å². The van der Waals surface area contributed by atoms with Crippen molar-refractivity contribution in [2.75, 3.05) is 12.4 Å². The molecule has 4 nitrogen and oxygen atoms in total. The van der Waals surface area contributed by atoms with Crippen molar-refractivity contribution in [1.29, 1.82) is 0 Å². The normalized spacial score (nSPS) is 12.5. The van der Waals surface area contributed by atoms with Gasteiger partial charge in [0.15, 0.2) is 0 Å². The molecule has 1 amide bonds. The maximum atomic E-state index is 11.7. The van der Waals surface area contributed by atoms with Crippen molar-refractivity contribution in [2.24, 2.45) is 0 Å². The zero-order valence-corrected chi connectivity index (χ0v) is 20.4. The Kier molecular flexibility index (Phi) is 8.39. The molecule has 166 valence electrons. The van der Waals surface area contributed by atoms with Gasteiger partial charge in [0.05, 0.1) is 13.7 Å². The molecule has 0 saturated carbocycles. The van der Waals surface area contributed by atoms with E-state index < -0.39 is 10.3 Å². The zero-order chi connectivity index (χ0) is 22.5. The van der Waals surface area contributed by atoms with Crippen molar-refractivity contribution in [3.63, 3.8) is 0 Å². The van der Waals surface area contributed by atoms with Crippen LogP contribution in [0.4, 0.5) is 5.69 Å². The van der Waals surface area contributed by atoms with E-state index in [1.807, 2.05) is 36.4 Å². The third kappa shape index (κ3) is 5.38. The number of hydrogen-bond donors (Lipinski definition) is 1. The number of carbonyl (C=O) groups excluding carboxylic acids is 1. The predicted molar refractivity (Wildman–Crippen MR) is 131 cm³/mol. The summed E-state index contributed by atoms with van der Waals surface area (Å²) in [5.41, 5.74) is 3.91. The Morgan fingerprint density at radius 1 is 0.933 bits per heavy atom. The first-order valence-electron chi connectivity index (χ1n) is 10.6. The van der Waals surface area contributed by atoms with E-state index in [2.05, 4.69) is 52.9 Å². The third-order valence-corrected chi connectivity index (χ3v) is 10.4. The van der Waals surface area contributed by atoms with Gasteiger partial charge < -0.3 is 14.2 Å². The molecule has 1 N–H and O–H groups in total. The fourth-order valence-electron chi connectivity index (χ4n) is 4.20. The van der Waals surface area contributed by atoms with E-state index in [1.165, 1.54) is 6.92 Å². The second kappa shape index (κ2) is 10.4. The van der Waals surface area contributed by atoms with E-state index in [9.17, 15) is 4.79 Å². The Morgan fingerprint density at radius 3 is 1.97 bits per heavy atom. The number of benzene rings is 2. The van der Waals surface area contributed by atoms with Crippen LogP contribution < -0.4 is 10.1 Å². The predicted octanol–water partition coefficient (Wildman–Crippen LogP) is 6.78. The van der Waals surface area contributed by atoms with E-state index in [4.69, 9.17) is 8.92 Å². The van der Waals surface area contributed by atoms with Crippen LogP contribution in [0.1, 0.15) is 54.0 Å². The van der Waals surface area contributed by atoms with E-state index in [1.54, 1.807) is 7.11 Å². The van der Waals surface area contributed by atoms with Gasteiger partial charge in [0.25, 0.3) is 0 Å². The molecule has 0 atom stereocenters. The summed E-state index contributed by atoms with van der Waals surface area (Å²) in [7, 11) is 0.409. The lowest BCUT2D eigenvalue weighted by Crippen LogP contribution is -2.30. The number of nitrogens with one attached hydrogen (secondary N) is 1. The molecule has 30 heavy (non-hydrogen) atoms. The van der Waals surface area contributed by atoms with Crippen molar-refractivity contribution in [1.82, 2.24) is 0 Å². The lowest BCUT2D eigenvalue weighted by atomic mass is 10.0. The van der Waals surface area contributed by atoms with Crippen LogP contribution in [0.25, 0.3) is 11.1 Å². The monoisotopic (exact) mass is 431 g/mol. The topological polar surface area (TPSA) is 47.6 Å². The Labute approximate surface area is 183 Å². The molecule has 2 aromatic carbocycles. The Balaban J connectivity index is 2.40. The van der Waals surface area contributed by atoms with Gasteiger partial charge in [-0.15, -0.1) is 10.3 Å². The van der Waals surface area contributed by atoms with Crippen LogP contribution in [-0.4, -0.2) is 28.8 Å². The Hall–Kier alpha value is -1.98. The maximum absolute atomic E-state index is 11.7. The maximum Gasteiger partial charge on any atom is 0.221 e. The fraction of sp³-hybridized carbons (Fsp3) is 0.480. The SMILES string of the molecule is COc1ccc(-c2cc(COS(C(C)C)(C(C)C)C(C)C)ccc2NC(C)=O)cc1. The van der Waals surface area contributed by atoms with Crippen LogP contribution in [0.15, 0.2) is 42.5 Å². The minimum absolute atomic E-state index is 0.0864. The van der Waals surface area contributed by atoms with Crippen molar-refractivity contribution in [2.45, 2.75) is 70.8 Å². The van der Waals surface area contributed by atoms with Crippen molar-refractivity contribution in [3.05, 3.63) is 48.0 Å². The van der Waals surface area contributed by atoms with Gasteiger partial charge >= 0.3 is 0 Å². The highest BCUT2D eigenvalue weighted by molar-refractivity contribution is 8.31. The number of ether oxygens (including phenoxy) is 1. The summed E-state index contributed by atoms with van der Waals surface area (Å²) in [6.45, 7) is 15.7. The Morgan fingerprint density at radius 2 is 1.50 bits per heavy atom. The van der Waals surface area contributed by atoms with Crippen LogP contribution in [0, 0.1) is 0 Å². The first-order valence-corrected chi connectivity index (χ1v) is 12.4. The second-order valence-electron chi connectivity index (χ2n) is 8.40. The number of carbonyl (C=O) groups is 1. The van der Waals surface area contributed by atoms with Crippen molar-refractivity contribution >= 4 is 21.9 Å². The summed E-state index contributed by atoms with van der Waals surface area (Å²) in [6, 6.07) is 14.0. The van der Waals surface area contributed by atoms with Crippen LogP contribution in [-0.2, 0) is 15.6 Å². The lowest BCUT2D eigenvalue weighted by molar-refractivity contribution is -0.114. The minimum atomic E-state index is -1.25. The molecule has 2 aromatic rings. The third-order valence-electron chi connectivity index (χ3n) is 5.44. The van der Waals surface area contributed by atoms with Gasteiger partial charge in [-0.05, 0) is 35.4 Å².